The molecule has 0 radical (unpaired) electrons. The highest BCUT2D eigenvalue weighted by Crippen LogP contribution is 2.31. The molecule has 1 aliphatic carbocycles. The third kappa shape index (κ3) is 2.92. The first kappa shape index (κ1) is 11.3. The molecule has 1 aromatic rings. The minimum Gasteiger partial charge on any atom is -0.388 e. The van der Waals surface area contributed by atoms with Crippen molar-refractivity contribution in [2.75, 3.05) is 11.9 Å². The fourth-order valence-electron chi connectivity index (χ4n) is 2.13. The molecule has 2 rings (SSSR count). The van der Waals surface area contributed by atoms with Gasteiger partial charge in [-0.25, -0.2) is 0 Å². The van der Waals surface area contributed by atoms with Gasteiger partial charge in [0.05, 0.1) is 5.60 Å². The Morgan fingerprint density at radius 2 is 2.25 bits per heavy atom. The van der Waals surface area contributed by atoms with Gasteiger partial charge in [0.25, 0.3) is 0 Å². The van der Waals surface area contributed by atoms with Gasteiger partial charge in [-0.2, -0.15) is 5.10 Å². The topological polar surface area (TPSA) is 58.0 Å². The van der Waals surface area contributed by atoms with E-state index in [0.717, 1.165) is 37.4 Å². The van der Waals surface area contributed by atoms with Crippen molar-refractivity contribution in [3.63, 3.8) is 0 Å². The lowest BCUT2D eigenvalue weighted by Gasteiger charge is -2.35. The number of hydrogen-bond donors (Lipinski definition) is 2. The van der Waals surface area contributed by atoms with Gasteiger partial charge in [-0.05, 0) is 43.7 Å². The molecule has 2 N–H and O–H groups in total. The number of anilines is 1. The highest BCUT2D eigenvalue weighted by molar-refractivity contribution is 5.32. The number of hydrogen-bond acceptors (Lipinski definition) is 4. The predicted molar refractivity (Wildman–Crippen MR) is 63.1 cm³/mol. The van der Waals surface area contributed by atoms with E-state index in [1.807, 2.05) is 12.1 Å². The van der Waals surface area contributed by atoms with Crippen LogP contribution in [0.15, 0.2) is 18.3 Å². The van der Waals surface area contributed by atoms with E-state index in [1.54, 1.807) is 6.20 Å². The summed E-state index contributed by atoms with van der Waals surface area (Å²) in [5.74, 6) is 1.48. The van der Waals surface area contributed by atoms with Crippen LogP contribution >= 0.6 is 0 Å². The van der Waals surface area contributed by atoms with Crippen LogP contribution in [0, 0.1) is 5.92 Å². The first-order valence-corrected chi connectivity index (χ1v) is 5.92. The zero-order chi connectivity index (χ0) is 11.4. The van der Waals surface area contributed by atoms with Crippen molar-refractivity contribution < 1.29 is 5.11 Å². The van der Waals surface area contributed by atoms with Gasteiger partial charge < -0.3 is 10.4 Å². The molecule has 4 heteroatoms. The van der Waals surface area contributed by atoms with E-state index in [0.29, 0.717) is 6.54 Å². The third-order valence-electron chi connectivity index (χ3n) is 3.38. The Kier molecular flexibility index (Phi) is 3.39. The van der Waals surface area contributed by atoms with Crippen molar-refractivity contribution in [2.24, 2.45) is 5.92 Å². The summed E-state index contributed by atoms with van der Waals surface area (Å²) in [7, 11) is 0. The number of nitrogens with zero attached hydrogens (tertiary/aromatic N) is 2. The minimum absolute atomic E-state index is 0.565. The molecule has 0 amide bonds. The Morgan fingerprint density at radius 1 is 1.50 bits per heavy atom. The maximum atomic E-state index is 10.3. The Hall–Kier alpha value is -1.16. The summed E-state index contributed by atoms with van der Waals surface area (Å²) in [4.78, 5) is 0. The highest BCUT2D eigenvalue weighted by atomic mass is 16.3. The molecule has 1 saturated carbocycles. The van der Waals surface area contributed by atoms with Crippen molar-refractivity contribution in [3.8, 4) is 0 Å². The van der Waals surface area contributed by atoms with E-state index in [-0.39, 0.29) is 0 Å². The average molecular weight is 221 g/mol. The first-order valence-electron chi connectivity index (χ1n) is 5.92. The molecule has 0 spiro atoms. The molecule has 16 heavy (non-hydrogen) atoms. The number of nitrogens with one attached hydrogen (secondary N) is 1. The van der Waals surface area contributed by atoms with Crippen LogP contribution in [-0.4, -0.2) is 27.4 Å². The lowest BCUT2D eigenvalue weighted by atomic mass is 9.79. The fraction of sp³-hybridized carbons (Fsp3) is 0.667. The smallest absolute Gasteiger partial charge is 0.148 e. The number of aliphatic hydroxyl groups is 1. The van der Waals surface area contributed by atoms with Gasteiger partial charge in [0, 0.05) is 12.7 Å². The van der Waals surface area contributed by atoms with Crippen LogP contribution in [0.1, 0.15) is 32.6 Å². The predicted octanol–water partition coefficient (Wildman–Crippen LogP) is 1.83. The molecule has 0 aromatic carbocycles. The monoisotopic (exact) mass is 221 g/mol. The summed E-state index contributed by atoms with van der Waals surface area (Å²) in [6, 6.07) is 3.70. The van der Waals surface area contributed by atoms with Crippen molar-refractivity contribution >= 4 is 5.82 Å². The number of rotatable bonds is 3. The van der Waals surface area contributed by atoms with E-state index in [9.17, 15) is 5.11 Å². The lowest BCUT2D eigenvalue weighted by Crippen LogP contribution is -2.40. The van der Waals surface area contributed by atoms with Gasteiger partial charge in [-0.3, -0.25) is 0 Å². The molecular formula is C12H19N3O. The quantitative estimate of drug-likeness (QED) is 0.817. The fourth-order valence-corrected chi connectivity index (χ4v) is 2.13. The normalized spacial score (nSPS) is 30.0. The van der Waals surface area contributed by atoms with Crippen molar-refractivity contribution in [2.45, 2.75) is 38.2 Å². The standard InChI is InChI=1S/C12H19N3O/c1-10-4-6-12(16,7-5-10)9-13-11-3-2-8-14-15-11/h2-3,8,10,16H,4-7,9H2,1H3,(H,13,15). The SMILES string of the molecule is CC1CCC(O)(CNc2cccnn2)CC1. The summed E-state index contributed by atoms with van der Waals surface area (Å²) >= 11 is 0. The molecule has 1 heterocycles. The molecule has 0 atom stereocenters. The summed E-state index contributed by atoms with van der Waals surface area (Å²) in [6.45, 7) is 2.81. The second-order valence-corrected chi connectivity index (χ2v) is 4.87. The maximum absolute atomic E-state index is 10.3. The second kappa shape index (κ2) is 4.78. The molecule has 4 nitrogen and oxygen atoms in total. The first-order chi connectivity index (χ1) is 7.68. The van der Waals surface area contributed by atoms with E-state index in [2.05, 4.69) is 22.4 Å². The zero-order valence-corrected chi connectivity index (χ0v) is 9.69. The van der Waals surface area contributed by atoms with Gasteiger partial charge in [0.2, 0.25) is 0 Å². The van der Waals surface area contributed by atoms with Gasteiger partial charge in [-0.15, -0.1) is 5.10 Å². The van der Waals surface area contributed by atoms with Crippen LogP contribution in [0.2, 0.25) is 0 Å². The van der Waals surface area contributed by atoms with E-state index < -0.39 is 5.60 Å². The summed E-state index contributed by atoms with van der Waals surface area (Å²) in [5.41, 5.74) is -0.565. The van der Waals surface area contributed by atoms with Crippen molar-refractivity contribution in [1.82, 2.24) is 10.2 Å². The second-order valence-electron chi connectivity index (χ2n) is 4.87. The third-order valence-corrected chi connectivity index (χ3v) is 3.38. The van der Waals surface area contributed by atoms with Gasteiger partial charge in [0.15, 0.2) is 0 Å². The van der Waals surface area contributed by atoms with Crippen molar-refractivity contribution in [3.05, 3.63) is 18.3 Å². The molecule has 1 fully saturated rings. The van der Waals surface area contributed by atoms with Gasteiger partial charge in [0.1, 0.15) is 5.82 Å². The molecular weight excluding hydrogens is 202 g/mol. The van der Waals surface area contributed by atoms with Crippen LogP contribution in [-0.2, 0) is 0 Å². The average Bonchev–Trinajstić information content (AvgIpc) is 2.33. The van der Waals surface area contributed by atoms with Crippen LogP contribution in [0.25, 0.3) is 0 Å². The number of aromatic nitrogens is 2. The Labute approximate surface area is 96.1 Å². The largest absolute Gasteiger partial charge is 0.388 e. The summed E-state index contributed by atoms with van der Waals surface area (Å²) < 4.78 is 0. The minimum atomic E-state index is -0.565. The van der Waals surface area contributed by atoms with Crippen LogP contribution in [0.4, 0.5) is 5.82 Å². The molecule has 1 aliphatic rings. The van der Waals surface area contributed by atoms with Gasteiger partial charge >= 0.3 is 0 Å². The molecule has 0 unspecified atom stereocenters. The lowest BCUT2D eigenvalue weighted by molar-refractivity contribution is 0.00493. The summed E-state index contributed by atoms with van der Waals surface area (Å²) in [6.07, 6.45) is 5.61. The zero-order valence-electron chi connectivity index (χ0n) is 9.69. The maximum Gasteiger partial charge on any atom is 0.148 e. The van der Waals surface area contributed by atoms with Crippen molar-refractivity contribution in [1.29, 1.82) is 0 Å². The Balaban J connectivity index is 1.85. The molecule has 0 bridgehead atoms. The summed E-state index contributed by atoms with van der Waals surface area (Å²) in [5, 5.41) is 21.2. The Bertz CT molecular complexity index is 320. The molecule has 88 valence electrons. The molecule has 0 saturated heterocycles. The van der Waals surface area contributed by atoms with Crippen LogP contribution in [0.5, 0.6) is 0 Å². The van der Waals surface area contributed by atoms with Crippen LogP contribution in [0.3, 0.4) is 0 Å². The molecule has 1 aromatic heterocycles. The van der Waals surface area contributed by atoms with Crippen LogP contribution < -0.4 is 5.32 Å². The molecule has 0 aliphatic heterocycles. The van der Waals surface area contributed by atoms with E-state index in [1.165, 1.54) is 0 Å². The van der Waals surface area contributed by atoms with E-state index in [4.69, 9.17) is 0 Å². The Morgan fingerprint density at radius 3 is 2.88 bits per heavy atom. The van der Waals surface area contributed by atoms with E-state index >= 15 is 0 Å². The highest BCUT2D eigenvalue weighted by Gasteiger charge is 2.31. The van der Waals surface area contributed by atoms with Gasteiger partial charge in [-0.1, -0.05) is 6.92 Å².